The Morgan fingerprint density at radius 1 is 1.03 bits per heavy atom. The van der Waals surface area contributed by atoms with E-state index in [1.165, 1.54) is 6.20 Å². The molecule has 2 heterocycles. The zero-order chi connectivity index (χ0) is 24.5. The van der Waals surface area contributed by atoms with Crippen LogP contribution in [0.2, 0.25) is 0 Å². The summed E-state index contributed by atoms with van der Waals surface area (Å²) in [5.74, 6) is 1.13. The molecule has 0 bridgehead atoms. The molecule has 180 valence electrons. The second kappa shape index (κ2) is 11.8. The Balaban J connectivity index is 1.51. The minimum atomic E-state index is -0.459. The molecule has 2 aromatic heterocycles. The molecule has 0 fully saturated rings. The van der Waals surface area contributed by atoms with Crippen molar-refractivity contribution in [3.63, 3.8) is 0 Å². The molecule has 0 saturated heterocycles. The van der Waals surface area contributed by atoms with Crippen LogP contribution in [0, 0.1) is 0 Å². The van der Waals surface area contributed by atoms with Crippen molar-refractivity contribution in [3.8, 4) is 22.5 Å². The van der Waals surface area contributed by atoms with E-state index in [1.54, 1.807) is 6.92 Å². The van der Waals surface area contributed by atoms with Crippen molar-refractivity contribution in [1.29, 1.82) is 0 Å². The van der Waals surface area contributed by atoms with Gasteiger partial charge in [0.2, 0.25) is 5.82 Å². The van der Waals surface area contributed by atoms with Gasteiger partial charge in [0.15, 0.2) is 0 Å². The zero-order valence-corrected chi connectivity index (χ0v) is 19.7. The Kier molecular flexibility index (Phi) is 8.08. The number of hydrogen-bond donors (Lipinski definition) is 2. The number of benzene rings is 2. The molecule has 2 N–H and O–H groups in total. The van der Waals surface area contributed by atoms with Gasteiger partial charge in [-0.15, -0.1) is 10.2 Å². The molecule has 10 nitrogen and oxygen atoms in total. The molecule has 0 unspecified atom stereocenters. The number of rotatable bonds is 11. The first-order chi connectivity index (χ1) is 17.2. The topological polar surface area (TPSA) is 128 Å². The van der Waals surface area contributed by atoms with E-state index in [4.69, 9.17) is 9.47 Å². The van der Waals surface area contributed by atoms with Crippen LogP contribution in [-0.2, 0) is 22.4 Å². The van der Waals surface area contributed by atoms with Gasteiger partial charge < -0.3 is 14.8 Å². The zero-order valence-electron chi connectivity index (χ0n) is 19.7. The van der Waals surface area contributed by atoms with Crippen LogP contribution in [0.25, 0.3) is 22.5 Å². The van der Waals surface area contributed by atoms with Crippen LogP contribution in [-0.4, -0.2) is 56.4 Å². The van der Waals surface area contributed by atoms with E-state index in [1.807, 2.05) is 55.5 Å². The van der Waals surface area contributed by atoms with Crippen molar-refractivity contribution in [2.75, 3.05) is 25.1 Å². The molecule has 0 spiro atoms. The fourth-order valence-electron chi connectivity index (χ4n) is 3.53. The van der Waals surface area contributed by atoms with Crippen LogP contribution in [0.5, 0.6) is 0 Å². The van der Waals surface area contributed by atoms with Gasteiger partial charge in [-0.2, -0.15) is 5.21 Å². The first-order valence-corrected chi connectivity index (χ1v) is 11.5. The molecule has 0 atom stereocenters. The number of ether oxygens (including phenoxy) is 2. The van der Waals surface area contributed by atoms with Crippen molar-refractivity contribution in [2.24, 2.45) is 0 Å². The molecule has 4 rings (SSSR count). The number of H-pyrrole nitrogens is 1. The van der Waals surface area contributed by atoms with E-state index >= 15 is 0 Å². The largest absolute Gasteiger partial charge is 0.462 e. The van der Waals surface area contributed by atoms with Gasteiger partial charge in [0, 0.05) is 31.3 Å². The van der Waals surface area contributed by atoms with E-state index < -0.39 is 5.97 Å². The summed E-state index contributed by atoms with van der Waals surface area (Å²) in [7, 11) is 0. The summed E-state index contributed by atoms with van der Waals surface area (Å²) in [5, 5.41) is 17.6. The second-order valence-corrected chi connectivity index (χ2v) is 7.55. The number of carbonyl (C=O) groups excluding carboxylic acids is 1. The number of esters is 1. The first-order valence-electron chi connectivity index (χ1n) is 11.5. The van der Waals surface area contributed by atoms with Crippen LogP contribution >= 0.6 is 0 Å². The Bertz CT molecular complexity index is 1240. The predicted molar refractivity (Wildman–Crippen MR) is 131 cm³/mol. The standard InChI is InChI=1S/C25H27N7O3/c1-3-34-14-13-22-26-16-21(25(33)35-4-2)23(28-22)27-15-17-9-11-18(12-10-17)19-7-5-6-8-20(19)24-29-31-32-30-24/h5-12,16H,3-4,13-15H2,1-2H3,(H,26,27,28)(H,29,30,31,32). The number of tetrazole rings is 1. The van der Waals surface area contributed by atoms with Gasteiger partial charge in [-0.05, 0) is 35.8 Å². The fourth-order valence-corrected chi connectivity index (χ4v) is 3.53. The predicted octanol–water partition coefficient (Wildman–Crippen LogP) is 3.69. The third-order valence-corrected chi connectivity index (χ3v) is 5.25. The monoisotopic (exact) mass is 473 g/mol. The molecule has 0 aliphatic rings. The van der Waals surface area contributed by atoms with Crippen molar-refractivity contribution < 1.29 is 14.3 Å². The smallest absolute Gasteiger partial charge is 0.343 e. The lowest BCUT2D eigenvalue weighted by Crippen LogP contribution is -2.14. The maximum absolute atomic E-state index is 12.4. The quantitative estimate of drug-likeness (QED) is 0.247. The van der Waals surface area contributed by atoms with Gasteiger partial charge in [-0.1, -0.05) is 48.5 Å². The Morgan fingerprint density at radius 2 is 1.83 bits per heavy atom. The lowest BCUT2D eigenvalue weighted by atomic mass is 9.98. The maximum Gasteiger partial charge on any atom is 0.343 e. The van der Waals surface area contributed by atoms with E-state index in [-0.39, 0.29) is 6.61 Å². The van der Waals surface area contributed by atoms with E-state index in [2.05, 4.69) is 35.9 Å². The van der Waals surface area contributed by atoms with E-state index in [0.29, 0.717) is 49.2 Å². The van der Waals surface area contributed by atoms with Crippen LogP contribution in [0.4, 0.5) is 5.82 Å². The summed E-state index contributed by atoms with van der Waals surface area (Å²) in [6.07, 6.45) is 2.06. The van der Waals surface area contributed by atoms with Gasteiger partial charge in [0.25, 0.3) is 0 Å². The molecule has 0 saturated carbocycles. The fraction of sp³-hybridized carbons (Fsp3) is 0.280. The maximum atomic E-state index is 12.4. The molecule has 0 radical (unpaired) electrons. The highest BCUT2D eigenvalue weighted by atomic mass is 16.5. The third kappa shape index (κ3) is 6.04. The lowest BCUT2D eigenvalue weighted by molar-refractivity contribution is 0.0526. The highest BCUT2D eigenvalue weighted by Gasteiger charge is 2.16. The SMILES string of the molecule is CCOCCc1ncc(C(=O)OCC)c(NCc2ccc(-c3ccccc3-c3nn[nH]n3)cc2)n1. The van der Waals surface area contributed by atoms with Crippen LogP contribution in [0.1, 0.15) is 35.6 Å². The number of anilines is 1. The highest BCUT2D eigenvalue weighted by Crippen LogP contribution is 2.29. The Labute approximate surface area is 203 Å². The molecule has 0 aliphatic heterocycles. The lowest BCUT2D eigenvalue weighted by Gasteiger charge is -2.12. The van der Waals surface area contributed by atoms with Gasteiger partial charge in [0.05, 0.1) is 13.2 Å². The first kappa shape index (κ1) is 24.0. The van der Waals surface area contributed by atoms with Gasteiger partial charge in [-0.3, -0.25) is 0 Å². The van der Waals surface area contributed by atoms with Crippen molar-refractivity contribution in [3.05, 3.63) is 71.7 Å². The number of nitrogens with one attached hydrogen (secondary N) is 2. The molecule has 0 aliphatic carbocycles. The molecule has 4 aromatic rings. The Hall–Kier alpha value is -4.18. The van der Waals surface area contributed by atoms with Crippen molar-refractivity contribution in [2.45, 2.75) is 26.8 Å². The van der Waals surface area contributed by atoms with Crippen molar-refractivity contribution >= 4 is 11.8 Å². The molecule has 2 aromatic carbocycles. The molecular formula is C25H27N7O3. The van der Waals surface area contributed by atoms with Crippen molar-refractivity contribution in [1.82, 2.24) is 30.6 Å². The highest BCUT2D eigenvalue weighted by molar-refractivity contribution is 5.94. The summed E-state index contributed by atoms with van der Waals surface area (Å²) < 4.78 is 10.6. The van der Waals surface area contributed by atoms with E-state index in [0.717, 1.165) is 22.3 Å². The summed E-state index contributed by atoms with van der Waals surface area (Å²) in [4.78, 5) is 21.2. The molecule has 10 heteroatoms. The van der Waals surface area contributed by atoms with Gasteiger partial charge >= 0.3 is 5.97 Å². The number of hydrogen-bond acceptors (Lipinski definition) is 9. The minimum Gasteiger partial charge on any atom is -0.462 e. The van der Waals surface area contributed by atoms with Crippen LogP contribution in [0.3, 0.4) is 0 Å². The number of aromatic nitrogens is 6. The minimum absolute atomic E-state index is 0.275. The molecular weight excluding hydrogens is 446 g/mol. The molecule has 0 amide bonds. The summed E-state index contributed by atoms with van der Waals surface area (Å²) in [5.41, 5.74) is 4.26. The van der Waals surface area contributed by atoms with Crippen LogP contribution in [0.15, 0.2) is 54.7 Å². The number of aromatic amines is 1. The molecule has 35 heavy (non-hydrogen) atoms. The average Bonchev–Trinajstić information content (AvgIpc) is 3.43. The average molecular weight is 474 g/mol. The summed E-state index contributed by atoms with van der Waals surface area (Å²) >= 11 is 0. The summed E-state index contributed by atoms with van der Waals surface area (Å²) in [6, 6.07) is 16.0. The summed E-state index contributed by atoms with van der Waals surface area (Å²) in [6.45, 7) is 5.59. The Morgan fingerprint density at radius 3 is 2.54 bits per heavy atom. The van der Waals surface area contributed by atoms with Gasteiger partial charge in [-0.25, -0.2) is 14.8 Å². The second-order valence-electron chi connectivity index (χ2n) is 7.55. The third-order valence-electron chi connectivity index (χ3n) is 5.25. The van der Waals surface area contributed by atoms with Crippen LogP contribution < -0.4 is 5.32 Å². The number of carbonyl (C=O) groups is 1. The normalized spacial score (nSPS) is 10.8. The van der Waals surface area contributed by atoms with E-state index in [9.17, 15) is 4.79 Å². The van der Waals surface area contributed by atoms with Gasteiger partial charge in [0.1, 0.15) is 17.2 Å². The number of nitrogens with zero attached hydrogens (tertiary/aromatic N) is 5.